The largest absolute Gasteiger partial charge is 0.481 e. The van der Waals surface area contributed by atoms with Crippen molar-refractivity contribution < 1.29 is 41.0 Å². The molecule has 0 atom stereocenters. The molecular weight excluding hydrogens is 646 g/mol. The third kappa shape index (κ3) is 8.71. The van der Waals surface area contributed by atoms with Gasteiger partial charge in [-0.05, 0) is 89.5 Å². The summed E-state index contributed by atoms with van der Waals surface area (Å²) in [7, 11) is 0. The Hall–Kier alpha value is -4.38. The number of carboxylic acids is 1. The topological polar surface area (TPSA) is 79.3 Å². The second-order valence-corrected chi connectivity index (χ2v) is 11.8. The number of rotatable bonds is 11. The molecule has 0 aliphatic rings. The molecule has 12 heteroatoms. The molecule has 4 rings (SSSR count). The van der Waals surface area contributed by atoms with E-state index in [2.05, 4.69) is 10.3 Å². The summed E-state index contributed by atoms with van der Waals surface area (Å²) in [6, 6.07) is 13.4. The van der Waals surface area contributed by atoms with E-state index in [1.54, 1.807) is 39.0 Å². The van der Waals surface area contributed by atoms with Crippen LogP contribution in [0.25, 0.3) is 22.3 Å². The number of anilines is 1. The van der Waals surface area contributed by atoms with E-state index in [1.165, 1.54) is 24.4 Å². The smallest absolute Gasteiger partial charge is 0.416 e. The number of benzene rings is 3. The molecule has 4 aromatic rings. The van der Waals surface area contributed by atoms with Crippen molar-refractivity contribution in [2.24, 2.45) is 0 Å². The molecule has 0 spiro atoms. The average Bonchev–Trinajstić information content (AvgIpc) is 2.98. The molecule has 0 radical (unpaired) electrons. The number of aryl methyl sites for hydroxylation is 1. The Morgan fingerprint density at radius 3 is 2.09 bits per heavy atom. The zero-order valence-corrected chi connectivity index (χ0v) is 26.4. The van der Waals surface area contributed by atoms with Crippen molar-refractivity contribution in [3.05, 3.63) is 105 Å². The van der Waals surface area contributed by atoms with Crippen LogP contribution in [0.3, 0.4) is 0 Å². The van der Waals surface area contributed by atoms with Crippen LogP contribution in [0.5, 0.6) is 0 Å². The van der Waals surface area contributed by atoms with Crippen LogP contribution in [0, 0.1) is 6.92 Å². The van der Waals surface area contributed by atoms with Crippen LogP contribution in [0.2, 0.25) is 5.02 Å². The van der Waals surface area contributed by atoms with Crippen molar-refractivity contribution in [1.29, 1.82) is 0 Å². The van der Waals surface area contributed by atoms with Crippen LogP contribution in [-0.2, 0) is 23.7 Å². The minimum atomic E-state index is -4.63. The summed E-state index contributed by atoms with van der Waals surface area (Å²) in [6.45, 7) is 5.20. The molecule has 1 aromatic heterocycles. The van der Waals surface area contributed by atoms with Gasteiger partial charge in [-0.15, -0.1) is 0 Å². The summed E-state index contributed by atoms with van der Waals surface area (Å²) in [4.78, 5) is 27.4. The van der Waals surface area contributed by atoms with Crippen LogP contribution in [0.4, 0.5) is 32.0 Å². The fourth-order valence-corrected chi connectivity index (χ4v) is 5.53. The highest BCUT2D eigenvalue weighted by Crippen LogP contribution is 2.40. The van der Waals surface area contributed by atoms with Gasteiger partial charge < -0.3 is 10.4 Å². The first kappa shape index (κ1) is 35.5. The van der Waals surface area contributed by atoms with E-state index < -0.39 is 29.4 Å². The maximum atomic E-state index is 14.0. The van der Waals surface area contributed by atoms with Gasteiger partial charge in [0.05, 0.1) is 16.1 Å². The lowest BCUT2D eigenvalue weighted by atomic mass is 9.88. The van der Waals surface area contributed by atoms with Gasteiger partial charge in [0.25, 0.3) is 0 Å². The molecule has 0 fully saturated rings. The minimum absolute atomic E-state index is 0.0331. The highest BCUT2D eigenvalue weighted by atomic mass is 35.5. The van der Waals surface area contributed by atoms with E-state index in [9.17, 15) is 35.9 Å². The number of ketones is 1. The molecule has 0 aliphatic carbocycles. The van der Waals surface area contributed by atoms with Crippen molar-refractivity contribution in [2.45, 2.75) is 64.8 Å². The highest BCUT2D eigenvalue weighted by Gasteiger charge is 2.33. The van der Waals surface area contributed by atoms with E-state index in [0.29, 0.717) is 39.1 Å². The first-order chi connectivity index (χ1) is 22.0. The quantitative estimate of drug-likeness (QED) is 0.122. The molecule has 0 saturated carbocycles. The van der Waals surface area contributed by atoms with Gasteiger partial charge in [-0.2, -0.15) is 26.3 Å². The van der Waals surface area contributed by atoms with Gasteiger partial charge in [0.2, 0.25) is 0 Å². The van der Waals surface area contributed by atoms with Gasteiger partial charge >= 0.3 is 18.3 Å². The number of hydrogen-bond acceptors (Lipinski definition) is 4. The Morgan fingerprint density at radius 2 is 1.53 bits per heavy atom. The number of hydrogen-bond donors (Lipinski definition) is 2. The first-order valence-electron chi connectivity index (χ1n) is 14.6. The number of nitrogens with zero attached hydrogens (tertiary/aromatic N) is 1. The van der Waals surface area contributed by atoms with E-state index in [1.807, 2.05) is 0 Å². The van der Waals surface area contributed by atoms with Gasteiger partial charge in [-0.25, -0.2) is 0 Å². The summed E-state index contributed by atoms with van der Waals surface area (Å²) in [6.07, 6.45) is -7.86. The molecule has 3 aromatic carbocycles. The number of nitrogens with one attached hydrogen (secondary N) is 1. The van der Waals surface area contributed by atoms with Gasteiger partial charge in [-0.3, -0.25) is 14.6 Å². The third-order valence-electron chi connectivity index (χ3n) is 7.67. The summed E-state index contributed by atoms with van der Waals surface area (Å²) < 4.78 is 81.4. The van der Waals surface area contributed by atoms with Crippen LogP contribution >= 0.6 is 11.6 Å². The Morgan fingerprint density at radius 1 is 0.851 bits per heavy atom. The lowest BCUT2D eigenvalue weighted by Gasteiger charge is -2.22. The summed E-state index contributed by atoms with van der Waals surface area (Å²) in [5.74, 6) is -1.71. The average molecular weight is 677 g/mol. The number of halogens is 7. The van der Waals surface area contributed by atoms with Gasteiger partial charge in [0, 0.05) is 42.4 Å². The molecule has 0 aliphatic heterocycles. The number of aliphatic carboxylic acids is 1. The predicted molar refractivity (Wildman–Crippen MR) is 169 cm³/mol. The standard InChI is InChI=1S/C35H31ClF6N2O3/c1-19(2)27-14-23(35(40,41)42)15-28(21-7-12-31(44-17-21)32(45)5-4-6-33(46)47)29(27)18-43-24-9-11-26(30(36)16-24)25-10-8-22(13-20(25)3)34(37,38)39/h7-17,19,43H,4-6,18H2,1-3H3,(H,46,47). The molecule has 47 heavy (non-hydrogen) atoms. The van der Waals surface area contributed by atoms with Gasteiger partial charge in [0.15, 0.2) is 5.78 Å². The Bertz CT molecular complexity index is 1780. The van der Waals surface area contributed by atoms with Crippen LogP contribution in [0.1, 0.15) is 77.3 Å². The fraction of sp³-hybridized carbons (Fsp3) is 0.286. The van der Waals surface area contributed by atoms with Gasteiger partial charge in [0.1, 0.15) is 5.69 Å². The lowest BCUT2D eigenvalue weighted by molar-refractivity contribution is -0.138. The fourth-order valence-electron chi connectivity index (χ4n) is 5.25. The molecule has 0 amide bonds. The molecule has 5 nitrogen and oxygen atoms in total. The van der Waals surface area contributed by atoms with E-state index in [0.717, 1.165) is 24.3 Å². The Labute approximate surface area is 272 Å². The van der Waals surface area contributed by atoms with Crippen molar-refractivity contribution in [3.63, 3.8) is 0 Å². The summed E-state index contributed by atoms with van der Waals surface area (Å²) >= 11 is 6.56. The maximum absolute atomic E-state index is 14.0. The Balaban J connectivity index is 1.67. The molecule has 1 heterocycles. The van der Waals surface area contributed by atoms with E-state index in [4.69, 9.17) is 16.7 Å². The van der Waals surface area contributed by atoms with Crippen molar-refractivity contribution in [1.82, 2.24) is 4.98 Å². The molecule has 248 valence electrons. The van der Waals surface area contributed by atoms with Crippen LogP contribution in [0.15, 0.2) is 66.9 Å². The van der Waals surface area contributed by atoms with E-state index in [-0.39, 0.29) is 53.8 Å². The minimum Gasteiger partial charge on any atom is -0.481 e. The molecule has 0 bridgehead atoms. The van der Waals surface area contributed by atoms with Gasteiger partial charge in [-0.1, -0.05) is 43.6 Å². The van der Waals surface area contributed by atoms with E-state index >= 15 is 0 Å². The predicted octanol–water partition coefficient (Wildman–Crippen LogP) is 10.6. The normalized spacial score (nSPS) is 12.0. The number of carboxylic acid groups (broad SMARTS) is 1. The van der Waals surface area contributed by atoms with Crippen molar-refractivity contribution in [2.75, 3.05) is 5.32 Å². The summed E-state index contributed by atoms with van der Waals surface area (Å²) in [5.41, 5.74) is 2.05. The maximum Gasteiger partial charge on any atom is 0.416 e. The first-order valence-corrected chi connectivity index (χ1v) is 15.0. The second kappa shape index (κ2) is 14.2. The molecule has 0 saturated heterocycles. The third-order valence-corrected chi connectivity index (χ3v) is 7.98. The second-order valence-electron chi connectivity index (χ2n) is 11.4. The SMILES string of the molecule is Cc1cc(C(F)(F)F)ccc1-c1ccc(NCc2c(-c3ccc(C(=O)CCCC(=O)O)nc3)cc(C(F)(F)F)cc2C(C)C)cc1Cl. The van der Waals surface area contributed by atoms with Crippen molar-refractivity contribution in [3.8, 4) is 22.3 Å². The highest BCUT2D eigenvalue weighted by molar-refractivity contribution is 6.33. The monoisotopic (exact) mass is 676 g/mol. The van der Waals surface area contributed by atoms with Crippen LogP contribution < -0.4 is 5.32 Å². The Kier molecular flexibility index (Phi) is 10.7. The summed E-state index contributed by atoms with van der Waals surface area (Å²) in [5, 5.41) is 12.3. The van der Waals surface area contributed by atoms with Crippen LogP contribution in [-0.4, -0.2) is 21.8 Å². The number of carbonyl (C=O) groups is 2. The van der Waals surface area contributed by atoms with Crippen molar-refractivity contribution >= 4 is 29.0 Å². The molecule has 0 unspecified atom stereocenters. The zero-order chi connectivity index (χ0) is 34.7. The number of carbonyl (C=O) groups excluding carboxylic acids is 1. The number of aromatic nitrogens is 1. The lowest BCUT2D eigenvalue weighted by Crippen LogP contribution is -2.12. The number of Topliss-reactive ketones (excluding diaryl/α,β-unsaturated/α-hetero) is 1. The number of pyridine rings is 1. The zero-order valence-electron chi connectivity index (χ0n) is 25.6. The molecule has 2 N–H and O–H groups in total. The number of alkyl halides is 6. The molecular formula is C35H31ClF6N2O3.